The molecule has 7 nitrogen and oxygen atoms in total. The first-order valence-electron chi connectivity index (χ1n) is 9.93. The van der Waals surface area contributed by atoms with Gasteiger partial charge < -0.3 is 14.0 Å². The number of thiazole rings is 1. The van der Waals surface area contributed by atoms with Gasteiger partial charge in [-0.3, -0.25) is 9.48 Å². The van der Waals surface area contributed by atoms with Crippen LogP contribution in [0.5, 0.6) is 5.75 Å². The highest BCUT2D eigenvalue weighted by Gasteiger charge is 2.16. The minimum Gasteiger partial charge on any atom is -0.494 e. The zero-order chi connectivity index (χ0) is 21.0. The Labute approximate surface area is 174 Å². The van der Waals surface area contributed by atoms with E-state index in [1.165, 1.54) is 11.3 Å². The lowest BCUT2D eigenvalue weighted by atomic mass is 10.3. The second kappa shape index (κ2) is 9.37. The molecule has 0 aliphatic rings. The Morgan fingerprint density at radius 1 is 1.24 bits per heavy atom. The van der Waals surface area contributed by atoms with E-state index in [1.807, 2.05) is 57.4 Å². The van der Waals surface area contributed by atoms with Gasteiger partial charge in [0.05, 0.1) is 29.1 Å². The number of benzene rings is 1. The Morgan fingerprint density at radius 2 is 2.03 bits per heavy atom. The Morgan fingerprint density at radius 3 is 2.72 bits per heavy atom. The molecule has 1 aromatic carbocycles. The van der Waals surface area contributed by atoms with Crippen molar-refractivity contribution in [3.8, 4) is 5.75 Å². The van der Waals surface area contributed by atoms with Gasteiger partial charge in [-0.15, -0.1) is 0 Å². The third-order valence-corrected chi connectivity index (χ3v) is 5.43. The molecule has 0 bridgehead atoms. The van der Waals surface area contributed by atoms with Gasteiger partial charge in [0, 0.05) is 19.2 Å². The number of hydrogen-bond acceptors (Lipinski definition) is 5. The van der Waals surface area contributed by atoms with Gasteiger partial charge in [0.2, 0.25) is 0 Å². The number of aryl methyl sites for hydroxylation is 1. The number of nitrogens with zero attached hydrogens (tertiary/aromatic N) is 4. The predicted octanol–water partition coefficient (Wildman–Crippen LogP) is 3.96. The average molecular weight is 417 g/mol. The van der Waals surface area contributed by atoms with Gasteiger partial charge in [-0.1, -0.05) is 11.3 Å². The van der Waals surface area contributed by atoms with Crippen LogP contribution in [-0.4, -0.2) is 40.1 Å². The van der Waals surface area contributed by atoms with Crippen molar-refractivity contribution in [2.24, 2.45) is 4.99 Å². The van der Waals surface area contributed by atoms with Crippen molar-refractivity contribution in [2.75, 3.05) is 19.8 Å². The summed E-state index contributed by atoms with van der Waals surface area (Å²) in [6.07, 6.45) is 0. The van der Waals surface area contributed by atoms with Crippen molar-refractivity contribution in [2.45, 2.75) is 47.2 Å². The maximum Gasteiger partial charge on any atom is 0.297 e. The highest BCUT2D eigenvalue weighted by atomic mass is 32.1. The molecule has 0 saturated carbocycles. The zero-order valence-corrected chi connectivity index (χ0v) is 18.5. The molecule has 1 amide bonds. The molecule has 3 aromatic rings. The summed E-state index contributed by atoms with van der Waals surface area (Å²) >= 11 is 1.48. The number of aromatic nitrogens is 3. The second-order valence-corrected chi connectivity index (χ2v) is 7.93. The molecule has 3 rings (SSSR count). The zero-order valence-electron chi connectivity index (χ0n) is 17.6. The summed E-state index contributed by atoms with van der Waals surface area (Å²) in [4.78, 5) is 18.1. The van der Waals surface area contributed by atoms with Gasteiger partial charge in [-0.05, 0) is 58.9 Å². The Kier molecular flexibility index (Phi) is 6.87. The standard InChI is InChI=1S/C21H28N4O3S/c1-6-27-11-10-24-17-9-8-16(28-7-2)13-19(17)29-21(24)22-20(26)18-12-15(5)23-25(18)14(3)4/h8-9,12-14H,6-7,10-11H2,1-5H3. The number of carbonyl (C=O) groups excluding carboxylic acids is 1. The molecule has 156 valence electrons. The normalized spacial score (nSPS) is 12.3. The van der Waals surface area contributed by atoms with Crippen LogP contribution in [0, 0.1) is 6.92 Å². The van der Waals surface area contributed by atoms with Gasteiger partial charge in [0.1, 0.15) is 11.4 Å². The van der Waals surface area contributed by atoms with E-state index in [4.69, 9.17) is 9.47 Å². The van der Waals surface area contributed by atoms with Crippen LogP contribution in [0.2, 0.25) is 0 Å². The number of amides is 1. The van der Waals surface area contributed by atoms with E-state index in [0.29, 0.717) is 36.9 Å². The van der Waals surface area contributed by atoms with Crippen molar-refractivity contribution in [3.05, 3.63) is 40.5 Å². The largest absolute Gasteiger partial charge is 0.494 e. The third kappa shape index (κ3) is 4.76. The molecule has 0 aliphatic carbocycles. The van der Waals surface area contributed by atoms with Crippen molar-refractivity contribution in [1.82, 2.24) is 14.3 Å². The number of fused-ring (bicyclic) bond motifs is 1. The molecular formula is C21H28N4O3S. The number of carbonyl (C=O) groups is 1. The monoisotopic (exact) mass is 416 g/mol. The van der Waals surface area contributed by atoms with Crippen LogP contribution in [0.4, 0.5) is 0 Å². The van der Waals surface area contributed by atoms with E-state index in [-0.39, 0.29) is 11.9 Å². The van der Waals surface area contributed by atoms with Crippen LogP contribution in [0.3, 0.4) is 0 Å². The van der Waals surface area contributed by atoms with Gasteiger partial charge in [-0.25, -0.2) is 0 Å². The van der Waals surface area contributed by atoms with Crippen LogP contribution in [-0.2, 0) is 11.3 Å². The van der Waals surface area contributed by atoms with Gasteiger partial charge in [0.25, 0.3) is 5.91 Å². The quantitative estimate of drug-likeness (QED) is 0.521. The lowest BCUT2D eigenvalue weighted by Crippen LogP contribution is -2.21. The summed E-state index contributed by atoms with van der Waals surface area (Å²) in [5, 5.41) is 4.43. The van der Waals surface area contributed by atoms with Crippen molar-refractivity contribution in [3.63, 3.8) is 0 Å². The maximum atomic E-state index is 13.0. The summed E-state index contributed by atoms with van der Waals surface area (Å²) in [6.45, 7) is 12.2. The van der Waals surface area contributed by atoms with Crippen LogP contribution < -0.4 is 9.54 Å². The molecular weight excluding hydrogens is 388 g/mol. The average Bonchev–Trinajstić information content (AvgIpc) is 3.23. The van der Waals surface area contributed by atoms with Crippen LogP contribution >= 0.6 is 11.3 Å². The van der Waals surface area contributed by atoms with Gasteiger partial charge in [-0.2, -0.15) is 10.1 Å². The highest BCUT2D eigenvalue weighted by molar-refractivity contribution is 7.16. The summed E-state index contributed by atoms with van der Waals surface area (Å²) in [7, 11) is 0. The highest BCUT2D eigenvalue weighted by Crippen LogP contribution is 2.23. The fourth-order valence-electron chi connectivity index (χ4n) is 3.13. The summed E-state index contributed by atoms with van der Waals surface area (Å²) in [5.74, 6) is 0.519. The summed E-state index contributed by atoms with van der Waals surface area (Å²) < 4.78 is 15.9. The van der Waals surface area contributed by atoms with Crippen molar-refractivity contribution < 1.29 is 14.3 Å². The molecule has 0 radical (unpaired) electrons. The fraction of sp³-hybridized carbons (Fsp3) is 0.476. The molecule has 0 fully saturated rings. The van der Waals surface area contributed by atoms with Crippen molar-refractivity contribution >= 4 is 27.5 Å². The van der Waals surface area contributed by atoms with Crippen molar-refractivity contribution in [1.29, 1.82) is 0 Å². The maximum absolute atomic E-state index is 13.0. The Balaban J connectivity index is 2.08. The first kappa shape index (κ1) is 21.3. The second-order valence-electron chi connectivity index (χ2n) is 6.92. The lowest BCUT2D eigenvalue weighted by Gasteiger charge is -2.08. The van der Waals surface area contributed by atoms with Crippen LogP contribution in [0.15, 0.2) is 29.3 Å². The molecule has 0 N–H and O–H groups in total. The topological polar surface area (TPSA) is 70.6 Å². The minimum atomic E-state index is -0.291. The van der Waals surface area contributed by atoms with Gasteiger partial charge in [0.15, 0.2) is 4.80 Å². The van der Waals surface area contributed by atoms with E-state index in [2.05, 4.69) is 10.1 Å². The SMILES string of the molecule is CCOCCn1c(=NC(=O)c2cc(C)nn2C(C)C)sc2cc(OCC)ccc21. The van der Waals surface area contributed by atoms with E-state index in [1.54, 1.807) is 10.7 Å². The molecule has 0 aliphatic heterocycles. The van der Waals surface area contributed by atoms with E-state index in [9.17, 15) is 4.79 Å². The van der Waals surface area contributed by atoms with E-state index in [0.717, 1.165) is 21.7 Å². The van der Waals surface area contributed by atoms with Crippen LogP contribution in [0.1, 0.15) is 49.9 Å². The molecule has 0 saturated heterocycles. The van der Waals surface area contributed by atoms with Gasteiger partial charge >= 0.3 is 0 Å². The molecule has 2 heterocycles. The lowest BCUT2D eigenvalue weighted by molar-refractivity contribution is 0.0984. The molecule has 0 unspecified atom stereocenters. The third-order valence-electron chi connectivity index (χ3n) is 4.39. The Bertz CT molecular complexity index is 1060. The Hall–Kier alpha value is -2.45. The number of hydrogen-bond donors (Lipinski definition) is 0. The predicted molar refractivity (Wildman–Crippen MR) is 115 cm³/mol. The molecule has 8 heteroatoms. The molecule has 29 heavy (non-hydrogen) atoms. The molecule has 0 spiro atoms. The van der Waals surface area contributed by atoms with Crippen LogP contribution in [0.25, 0.3) is 10.2 Å². The first-order chi connectivity index (χ1) is 13.9. The molecule has 0 atom stereocenters. The fourth-order valence-corrected chi connectivity index (χ4v) is 4.21. The molecule has 2 aromatic heterocycles. The number of rotatable bonds is 8. The van der Waals surface area contributed by atoms with E-state index >= 15 is 0 Å². The number of ether oxygens (including phenoxy) is 2. The summed E-state index contributed by atoms with van der Waals surface area (Å²) in [6, 6.07) is 7.82. The minimum absolute atomic E-state index is 0.0825. The van der Waals surface area contributed by atoms with E-state index < -0.39 is 0 Å². The summed E-state index contributed by atoms with van der Waals surface area (Å²) in [5.41, 5.74) is 2.32. The first-order valence-corrected chi connectivity index (χ1v) is 10.7. The smallest absolute Gasteiger partial charge is 0.297 e.